The molecule has 1 N–H and O–H groups in total. The van der Waals surface area contributed by atoms with E-state index in [4.69, 9.17) is 9.47 Å². The average molecular weight is 587 g/mol. The SMILES string of the molecule is CC(C)(C)OC(=O)N1C[C@H](F)C[C@@H](Nc2nnc(-c3ccc(C(F)(F)F)cc3OCc3ccccc3)n3ccnc23)C1. The molecule has 0 aliphatic carbocycles. The van der Waals surface area contributed by atoms with Gasteiger partial charge in [-0.1, -0.05) is 30.3 Å². The number of hydrogen-bond acceptors (Lipinski definition) is 7. The lowest BCUT2D eigenvalue weighted by atomic mass is 10.0. The summed E-state index contributed by atoms with van der Waals surface area (Å²) in [4.78, 5) is 18.2. The van der Waals surface area contributed by atoms with Crippen LogP contribution in [0.1, 0.15) is 38.3 Å². The van der Waals surface area contributed by atoms with E-state index >= 15 is 0 Å². The number of ether oxygens (including phenoxy) is 2. The molecule has 1 aliphatic heterocycles. The number of likely N-dealkylation sites (tertiary alicyclic amines) is 1. The minimum absolute atomic E-state index is 0.0285. The van der Waals surface area contributed by atoms with Crippen LogP contribution in [0.4, 0.5) is 28.2 Å². The number of benzene rings is 2. The van der Waals surface area contributed by atoms with Crippen LogP contribution in [0.3, 0.4) is 0 Å². The highest BCUT2D eigenvalue weighted by Crippen LogP contribution is 2.37. The number of carbonyl (C=O) groups is 1. The number of hydrogen-bond donors (Lipinski definition) is 1. The number of halogens is 4. The van der Waals surface area contributed by atoms with Crippen LogP contribution in [-0.4, -0.2) is 61.5 Å². The number of aromatic nitrogens is 4. The molecule has 1 fully saturated rings. The van der Waals surface area contributed by atoms with Crippen molar-refractivity contribution in [3.63, 3.8) is 0 Å². The second kappa shape index (κ2) is 11.5. The smallest absolute Gasteiger partial charge is 0.416 e. The Morgan fingerprint density at radius 1 is 1.07 bits per heavy atom. The molecule has 2 aromatic heterocycles. The Kier molecular flexibility index (Phi) is 7.93. The first kappa shape index (κ1) is 29.1. The molecule has 1 saturated heterocycles. The maximum Gasteiger partial charge on any atom is 0.416 e. The summed E-state index contributed by atoms with van der Waals surface area (Å²) in [6, 6.07) is 11.7. The number of nitrogens with one attached hydrogen (secondary N) is 1. The molecule has 0 spiro atoms. The zero-order valence-electron chi connectivity index (χ0n) is 23.2. The van der Waals surface area contributed by atoms with Gasteiger partial charge in [0.25, 0.3) is 0 Å². The standard InChI is InChI=1S/C29H30F4N6O3/c1-28(2,3)42-27(40)38-15-20(30)14-21(16-38)35-24-26-34-11-12-39(26)25(37-36-24)22-10-9-19(29(31,32)33)13-23(22)41-17-18-7-5-4-6-8-18/h4-13,20-21H,14-17H2,1-3H3,(H,35,36)/t20-,21-/m1/s1. The van der Waals surface area contributed by atoms with Gasteiger partial charge in [0.2, 0.25) is 0 Å². The van der Waals surface area contributed by atoms with E-state index in [0.29, 0.717) is 5.65 Å². The fraction of sp³-hybridized carbons (Fsp3) is 0.379. The number of carbonyl (C=O) groups excluding carboxylic acids is 1. The molecule has 1 aliphatic rings. The molecular formula is C29H30F4N6O3. The molecule has 2 aromatic carbocycles. The van der Waals surface area contributed by atoms with Gasteiger partial charge in [0.15, 0.2) is 17.3 Å². The van der Waals surface area contributed by atoms with E-state index in [-0.39, 0.29) is 49.1 Å². The van der Waals surface area contributed by atoms with Crippen LogP contribution < -0.4 is 10.1 Å². The zero-order valence-corrected chi connectivity index (χ0v) is 23.2. The molecule has 42 heavy (non-hydrogen) atoms. The molecule has 5 rings (SSSR count). The van der Waals surface area contributed by atoms with Crippen molar-refractivity contribution in [3.05, 3.63) is 72.1 Å². The quantitative estimate of drug-likeness (QED) is 0.271. The maximum absolute atomic E-state index is 14.6. The van der Waals surface area contributed by atoms with Gasteiger partial charge in [0.1, 0.15) is 24.1 Å². The summed E-state index contributed by atoms with van der Waals surface area (Å²) in [7, 11) is 0. The lowest BCUT2D eigenvalue weighted by molar-refractivity contribution is -0.137. The van der Waals surface area contributed by atoms with Crippen molar-refractivity contribution in [3.8, 4) is 17.1 Å². The second-order valence-corrected chi connectivity index (χ2v) is 11.0. The third-order valence-electron chi connectivity index (χ3n) is 6.50. The van der Waals surface area contributed by atoms with Gasteiger partial charge in [0, 0.05) is 31.4 Å². The average Bonchev–Trinajstić information content (AvgIpc) is 3.42. The van der Waals surface area contributed by atoms with Gasteiger partial charge in [-0.3, -0.25) is 4.40 Å². The van der Waals surface area contributed by atoms with Crippen LogP contribution in [0.25, 0.3) is 17.0 Å². The van der Waals surface area contributed by atoms with E-state index in [2.05, 4.69) is 20.5 Å². The number of fused-ring (bicyclic) bond motifs is 1. The number of alkyl halides is 4. The van der Waals surface area contributed by atoms with Crippen molar-refractivity contribution >= 4 is 17.6 Å². The third-order valence-corrected chi connectivity index (χ3v) is 6.50. The van der Waals surface area contributed by atoms with Crippen LogP contribution in [-0.2, 0) is 17.5 Å². The Hall–Kier alpha value is -4.42. The summed E-state index contributed by atoms with van der Waals surface area (Å²) in [5, 5.41) is 11.7. The van der Waals surface area contributed by atoms with Crippen molar-refractivity contribution in [1.82, 2.24) is 24.5 Å². The van der Waals surface area contributed by atoms with E-state index < -0.39 is 35.6 Å². The first-order valence-corrected chi connectivity index (χ1v) is 13.3. The Bertz CT molecular complexity index is 1550. The Morgan fingerprint density at radius 3 is 2.55 bits per heavy atom. The molecule has 13 heteroatoms. The Balaban J connectivity index is 1.44. The predicted octanol–water partition coefficient (Wildman–Crippen LogP) is 6.15. The number of imidazole rings is 1. The highest BCUT2D eigenvalue weighted by atomic mass is 19.4. The molecule has 2 atom stereocenters. The van der Waals surface area contributed by atoms with Crippen LogP contribution in [0.2, 0.25) is 0 Å². The fourth-order valence-corrected chi connectivity index (χ4v) is 4.67. The molecule has 222 valence electrons. The van der Waals surface area contributed by atoms with Gasteiger partial charge in [-0.25, -0.2) is 14.2 Å². The number of rotatable bonds is 6. The molecule has 0 bridgehead atoms. The summed E-state index contributed by atoms with van der Waals surface area (Å²) in [6.07, 6.45) is -3.28. The summed E-state index contributed by atoms with van der Waals surface area (Å²) in [5.41, 5.74) is -0.222. The largest absolute Gasteiger partial charge is 0.488 e. The second-order valence-electron chi connectivity index (χ2n) is 11.0. The fourth-order valence-electron chi connectivity index (χ4n) is 4.67. The van der Waals surface area contributed by atoms with Crippen LogP contribution in [0.15, 0.2) is 60.9 Å². The number of anilines is 1. The van der Waals surface area contributed by atoms with Crippen molar-refractivity contribution in [1.29, 1.82) is 0 Å². The number of piperidine rings is 1. The first-order valence-electron chi connectivity index (χ1n) is 13.3. The molecule has 0 radical (unpaired) electrons. The van der Waals surface area contributed by atoms with Crippen molar-refractivity contribution in [2.24, 2.45) is 0 Å². The molecule has 0 unspecified atom stereocenters. The molecule has 1 amide bonds. The molecule has 0 saturated carbocycles. The monoisotopic (exact) mass is 586 g/mol. The van der Waals surface area contributed by atoms with E-state index in [9.17, 15) is 22.4 Å². The zero-order chi connectivity index (χ0) is 30.1. The summed E-state index contributed by atoms with van der Waals surface area (Å²) in [6.45, 7) is 5.32. The van der Waals surface area contributed by atoms with Gasteiger partial charge >= 0.3 is 12.3 Å². The Labute approximate surface area is 239 Å². The molecule has 4 aromatic rings. The first-order chi connectivity index (χ1) is 19.9. The minimum Gasteiger partial charge on any atom is -0.488 e. The van der Waals surface area contributed by atoms with Crippen molar-refractivity contribution in [2.45, 2.75) is 57.8 Å². The third kappa shape index (κ3) is 6.72. The molecule has 9 nitrogen and oxygen atoms in total. The topological polar surface area (TPSA) is 93.9 Å². The van der Waals surface area contributed by atoms with Crippen molar-refractivity contribution in [2.75, 3.05) is 18.4 Å². The minimum atomic E-state index is -4.57. The molecule has 3 heterocycles. The van der Waals surface area contributed by atoms with Crippen molar-refractivity contribution < 1.29 is 31.8 Å². The highest BCUT2D eigenvalue weighted by molar-refractivity contribution is 5.72. The van der Waals surface area contributed by atoms with Gasteiger partial charge < -0.3 is 19.7 Å². The van der Waals surface area contributed by atoms with E-state index in [0.717, 1.165) is 17.7 Å². The van der Waals surface area contributed by atoms with Gasteiger partial charge in [-0.15, -0.1) is 10.2 Å². The maximum atomic E-state index is 14.6. The number of amides is 1. The highest BCUT2D eigenvalue weighted by Gasteiger charge is 2.34. The van der Waals surface area contributed by atoms with Gasteiger partial charge in [0.05, 0.1) is 17.7 Å². The lowest BCUT2D eigenvalue weighted by Crippen LogP contribution is -2.51. The van der Waals surface area contributed by atoms with E-state index in [1.54, 1.807) is 43.5 Å². The van der Waals surface area contributed by atoms with Crippen LogP contribution in [0.5, 0.6) is 5.75 Å². The van der Waals surface area contributed by atoms with Crippen LogP contribution in [0, 0.1) is 0 Å². The van der Waals surface area contributed by atoms with Crippen LogP contribution >= 0.6 is 0 Å². The van der Waals surface area contributed by atoms with E-state index in [1.807, 2.05) is 18.2 Å². The lowest BCUT2D eigenvalue weighted by Gasteiger charge is -2.36. The van der Waals surface area contributed by atoms with Gasteiger partial charge in [-0.2, -0.15) is 13.2 Å². The molecular weight excluding hydrogens is 556 g/mol. The van der Waals surface area contributed by atoms with E-state index in [1.165, 1.54) is 17.2 Å². The summed E-state index contributed by atoms with van der Waals surface area (Å²) < 4.78 is 68.2. The number of nitrogens with zero attached hydrogens (tertiary/aromatic N) is 5. The summed E-state index contributed by atoms with van der Waals surface area (Å²) in [5.74, 6) is 0.400. The van der Waals surface area contributed by atoms with Gasteiger partial charge in [-0.05, 0) is 44.5 Å². The Morgan fingerprint density at radius 2 is 1.83 bits per heavy atom. The summed E-state index contributed by atoms with van der Waals surface area (Å²) >= 11 is 0. The predicted molar refractivity (Wildman–Crippen MR) is 147 cm³/mol. The normalized spacial score (nSPS) is 17.7.